The molecular formula is C21H26N2O3. The first-order valence-corrected chi connectivity index (χ1v) is 9.04. The summed E-state index contributed by atoms with van der Waals surface area (Å²) in [6.45, 7) is 1.61. The summed E-state index contributed by atoms with van der Waals surface area (Å²) in [5.41, 5.74) is 1.81. The monoisotopic (exact) mass is 354 g/mol. The van der Waals surface area contributed by atoms with E-state index in [0.717, 1.165) is 30.4 Å². The minimum atomic E-state index is -0.261. The van der Waals surface area contributed by atoms with Crippen LogP contribution in [-0.2, 0) is 16.1 Å². The van der Waals surface area contributed by atoms with Crippen molar-refractivity contribution >= 4 is 11.9 Å². The first-order chi connectivity index (χ1) is 12.5. The van der Waals surface area contributed by atoms with Gasteiger partial charge in [-0.3, -0.25) is 4.79 Å². The van der Waals surface area contributed by atoms with Crippen molar-refractivity contribution < 1.29 is 14.3 Å². The maximum Gasteiger partial charge on any atom is 0.410 e. The molecule has 1 aliphatic carbocycles. The van der Waals surface area contributed by atoms with E-state index in [-0.39, 0.29) is 17.3 Å². The summed E-state index contributed by atoms with van der Waals surface area (Å²) in [5, 5.41) is 0. The summed E-state index contributed by atoms with van der Waals surface area (Å²) in [6, 6.07) is 9.70. The molecule has 0 saturated carbocycles. The lowest BCUT2D eigenvalue weighted by Crippen LogP contribution is -2.44. The zero-order chi connectivity index (χ0) is 18.6. The molecule has 1 aromatic carbocycles. The molecule has 5 heteroatoms. The van der Waals surface area contributed by atoms with E-state index in [2.05, 4.69) is 6.08 Å². The average molecular weight is 354 g/mol. The van der Waals surface area contributed by atoms with Crippen LogP contribution in [0.3, 0.4) is 0 Å². The van der Waals surface area contributed by atoms with Crippen LogP contribution in [0.25, 0.3) is 0 Å². The minimum absolute atomic E-state index is 0.0219. The van der Waals surface area contributed by atoms with Crippen molar-refractivity contribution in [2.75, 3.05) is 27.2 Å². The lowest BCUT2D eigenvalue weighted by atomic mass is 9.70. The largest absolute Gasteiger partial charge is 0.445 e. The van der Waals surface area contributed by atoms with Gasteiger partial charge in [0.25, 0.3) is 0 Å². The van der Waals surface area contributed by atoms with Crippen molar-refractivity contribution in [3.05, 3.63) is 59.8 Å². The van der Waals surface area contributed by atoms with Gasteiger partial charge in [-0.15, -0.1) is 0 Å². The second-order valence-electron chi connectivity index (χ2n) is 7.38. The highest BCUT2D eigenvalue weighted by molar-refractivity contribution is 6.05. The Morgan fingerprint density at radius 2 is 1.92 bits per heavy atom. The molecular weight excluding hydrogens is 328 g/mol. The highest BCUT2D eigenvalue weighted by Gasteiger charge is 2.38. The van der Waals surface area contributed by atoms with Crippen LogP contribution in [0.1, 0.15) is 24.8 Å². The van der Waals surface area contributed by atoms with E-state index < -0.39 is 0 Å². The number of piperidine rings is 1. The van der Waals surface area contributed by atoms with Gasteiger partial charge in [-0.1, -0.05) is 36.4 Å². The maximum atomic E-state index is 12.3. The zero-order valence-electron chi connectivity index (χ0n) is 15.5. The molecule has 0 unspecified atom stereocenters. The normalized spacial score (nSPS) is 20.5. The number of ketones is 1. The second-order valence-corrected chi connectivity index (χ2v) is 7.38. The zero-order valence-corrected chi connectivity index (χ0v) is 15.5. The lowest BCUT2D eigenvalue weighted by Gasteiger charge is -2.41. The number of carbonyl (C=O) groups is 2. The number of allylic oxidation sites excluding steroid dienone is 3. The van der Waals surface area contributed by atoms with Crippen LogP contribution in [0, 0.1) is 5.41 Å². The van der Waals surface area contributed by atoms with Crippen molar-refractivity contribution in [3.63, 3.8) is 0 Å². The van der Waals surface area contributed by atoms with Crippen LogP contribution in [0.15, 0.2) is 54.3 Å². The molecule has 0 bridgehead atoms. The number of ether oxygens (including phenoxy) is 1. The topological polar surface area (TPSA) is 49.9 Å². The number of nitrogens with zero attached hydrogens (tertiary/aromatic N) is 2. The molecule has 0 atom stereocenters. The number of benzene rings is 1. The van der Waals surface area contributed by atoms with Gasteiger partial charge in [0.15, 0.2) is 5.78 Å². The van der Waals surface area contributed by atoms with E-state index in [1.54, 1.807) is 11.0 Å². The third-order valence-electron chi connectivity index (χ3n) is 5.08. The number of hydrogen-bond acceptors (Lipinski definition) is 4. The quantitative estimate of drug-likeness (QED) is 0.781. The van der Waals surface area contributed by atoms with E-state index in [4.69, 9.17) is 4.74 Å². The number of carbonyl (C=O) groups excluding carboxylic acids is 2. The minimum Gasteiger partial charge on any atom is -0.445 e. The van der Waals surface area contributed by atoms with Crippen LogP contribution < -0.4 is 0 Å². The fraction of sp³-hybridized carbons (Fsp3) is 0.429. The Morgan fingerprint density at radius 3 is 2.58 bits per heavy atom. The summed E-state index contributed by atoms with van der Waals surface area (Å²) in [5.74, 6) is 0.0917. The fourth-order valence-electron chi connectivity index (χ4n) is 3.59. The lowest BCUT2D eigenvalue weighted by molar-refractivity contribution is -0.112. The van der Waals surface area contributed by atoms with Crippen LogP contribution in [0.5, 0.6) is 0 Å². The summed E-state index contributed by atoms with van der Waals surface area (Å²) in [4.78, 5) is 28.1. The summed E-state index contributed by atoms with van der Waals surface area (Å²) in [6.07, 6.45) is 7.84. The smallest absolute Gasteiger partial charge is 0.410 e. The molecule has 1 aromatic rings. The highest BCUT2D eigenvalue weighted by atomic mass is 16.6. The Morgan fingerprint density at radius 1 is 1.23 bits per heavy atom. The summed E-state index contributed by atoms with van der Waals surface area (Å²) >= 11 is 0. The summed E-state index contributed by atoms with van der Waals surface area (Å²) in [7, 11) is 3.85. The molecule has 5 nitrogen and oxygen atoms in total. The molecule has 3 rings (SSSR count). The number of likely N-dealkylation sites (tertiary alicyclic amines) is 1. The Balaban J connectivity index is 1.56. The van der Waals surface area contributed by atoms with Gasteiger partial charge in [-0.05, 0) is 36.3 Å². The fourth-order valence-corrected chi connectivity index (χ4v) is 3.59. The SMILES string of the molecule is CN(C)/C=C1/CC2(C=CC1=O)CCN(C(=O)OCc1ccccc1)CC2. The summed E-state index contributed by atoms with van der Waals surface area (Å²) < 4.78 is 5.43. The Labute approximate surface area is 154 Å². The molecule has 1 aliphatic heterocycles. The number of hydrogen-bond donors (Lipinski definition) is 0. The van der Waals surface area contributed by atoms with E-state index in [1.165, 1.54) is 0 Å². The highest BCUT2D eigenvalue weighted by Crippen LogP contribution is 2.42. The first kappa shape index (κ1) is 18.2. The molecule has 0 N–H and O–H groups in total. The van der Waals surface area contributed by atoms with Gasteiger partial charge in [0, 0.05) is 39.0 Å². The van der Waals surface area contributed by atoms with Gasteiger partial charge >= 0.3 is 6.09 Å². The first-order valence-electron chi connectivity index (χ1n) is 9.04. The molecule has 0 aromatic heterocycles. The molecule has 1 spiro atoms. The standard InChI is InChI=1S/C21H26N2O3/c1-22(2)15-18-14-21(9-8-19(18)24)10-12-23(13-11-21)20(25)26-16-17-6-4-3-5-7-17/h3-9,15H,10-14,16H2,1-2H3/b18-15-. The molecule has 1 amide bonds. The van der Waals surface area contributed by atoms with Crippen molar-refractivity contribution in [2.24, 2.45) is 5.41 Å². The van der Waals surface area contributed by atoms with Crippen molar-refractivity contribution in [1.29, 1.82) is 0 Å². The third-order valence-corrected chi connectivity index (χ3v) is 5.08. The van der Waals surface area contributed by atoms with E-state index in [0.29, 0.717) is 19.7 Å². The van der Waals surface area contributed by atoms with Crippen molar-refractivity contribution in [2.45, 2.75) is 25.9 Å². The molecule has 1 heterocycles. The van der Waals surface area contributed by atoms with Crippen molar-refractivity contribution in [1.82, 2.24) is 9.80 Å². The van der Waals surface area contributed by atoms with Crippen LogP contribution in [0.4, 0.5) is 4.79 Å². The molecule has 138 valence electrons. The van der Waals surface area contributed by atoms with Crippen LogP contribution >= 0.6 is 0 Å². The molecule has 1 saturated heterocycles. The molecule has 2 aliphatic rings. The van der Waals surface area contributed by atoms with Gasteiger partial charge < -0.3 is 14.5 Å². The predicted octanol–water partition coefficient (Wildman–Crippen LogP) is 3.38. The van der Waals surface area contributed by atoms with Gasteiger partial charge in [0.1, 0.15) is 6.61 Å². The average Bonchev–Trinajstić information content (AvgIpc) is 2.64. The Bertz CT molecular complexity index is 714. The van der Waals surface area contributed by atoms with Gasteiger partial charge in [0.2, 0.25) is 0 Å². The van der Waals surface area contributed by atoms with Gasteiger partial charge in [0.05, 0.1) is 0 Å². The Hall–Kier alpha value is -2.56. The van der Waals surface area contributed by atoms with Crippen LogP contribution in [-0.4, -0.2) is 48.9 Å². The number of amides is 1. The molecule has 26 heavy (non-hydrogen) atoms. The van der Waals surface area contributed by atoms with E-state index in [1.807, 2.05) is 55.5 Å². The van der Waals surface area contributed by atoms with E-state index in [9.17, 15) is 9.59 Å². The predicted molar refractivity (Wildman–Crippen MR) is 100 cm³/mol. The third kappa shape index (κ3) is 4.34. The number of rotatable bonds is 3. The van der Waals surface area contributed by atoms with Gasteiger partial charge in [-0.25, -0.2) is 4.79 Å². The Kier molecular flexibility index (Phi) is 5.45. The second kappa shape index (κ2) is 7.77. The maximum absolute atomic E-state index is 12.3. The van der Waals surface area contributed by atoms with Crippen LogP contribution in [0.2, 0.25) is 0 Å². The van der Waals surface area contributed by atoms with Gasteiger partial charge in [-0.2, -0.15) is 0 Å². The van der Waals surface area contributed by atoms with Crippen molar-refractivity contribution in [3.8, 4) is 0 Å². The molecule has 0 radical (unpaired) electrons. The molecule has 1 fully saturated rings. The van der Waals surface area contributed by atoms with E-state index >= 15 is 0 Å².